The standard InChI is InChI=1S/C18H14N4O5S/c1-10-3-4-11(2)15(5-10)16-9-28-18(19-16)20-17(23)12-6-13(21(24)25)8-14(7-12)22(26)27/h3-9H,1-2H3,(H,19,20,23). The number of anilines is 1. The van der Waals surface area contributed by atoms with Crippen molar-refractivity contribution in [3.63, 3.8) is 0 Å². The number of rotatable bonds is 5. The van der Waals surface area contributed by atoms with Gasteiger partial charge in [-0.05, 0) is 25.5 Å². The Hall–Kier alpha value is -3.66. The molecule has 10 heteroatoms. The summed E-state index contributed by atoms with van der Waals surface area (Å²) in [5.74, 6) is -0.714. The van der Waals surface area contributed by atoms with Crippen LogP contribution < -0.4 is 5.32 Å². The lowest BCUT2D eigenvalue weighted by Gasteiger charge is -2.04. The molecule has 1 amide bonds. The third-order valence-corrected chi connectivity index (χ3v) is 4.74. The van der Waals surface area contributed by atoms with E-state index in [1.54, 1.807) is 5.38 Å². The Bertz CT molecular complexity index is 1080. The minimum Gasteiger partial charge on any atom is -0.298 e. The second kappa shape index (κ2) is 7.53. The van der Waals surface area contributed by atoms with Gasteiger partial charge in [-0.2, -0.15) is 0 Å². The molecule has 28 heavy (non-hydrogen) atoms. The smallest absolute Gasteiger partial charge is 0.277 e. The number of amides is 1. The van der Waals surface area contributed by atoms with Crippen LogP contribution in [0.1, 0.15) is 21.5 Å². The molecule has 0 bridgehead atoms. The van der Waals surface area contributed by atoms with E-state index in [-0.39, 0.29) is 10.7 Å². The number of benzene rings is 2. The van der Waals surface area contributed by atoms with Gasteiger partial charge < -0.3 is 0 Å². The maximum atomic E-state index is 12.4. The first-order valence-electron chi connectivity index (χ1n) is 8.03. The lowest BCUT2D eigenvalue weighted by molar-refractivity contribution is -0.394. The molecule has 142 valence electrons. The molecular weight excluding hydrogens is 384 g/mol. The fourth-order valence-corrected chi connectivity index (χ4v) is 3.28. The predicted octanol–water partition coefficient (Wildman–Crippen LogP) is 4.50. The number of aromatic nitrogens is 1. The summed E-state index contributed by atoms with van der Waals surface area (Å²) in [6.07, 6.45) is 0. The van der Waals surface area contributed by atoms with Crippen LogP contribution in [0.3, 0.4) is 0 Å². The topological polar surface area (TPSA) is 128 Å². The maximum absolute atomic E-state index is 12.4. The lowest BCUT2D eigenvalue weighted by atomic mass is 10.0. The first kappa shape index (κ1) is 19.1. The summed E-state index contributed by atoms with van der Waals surface area (Å²) in [7, 11) is 0. The molecule has 3 rings (SSSR count). The van der Waals surface area contributed by atoms with Gasteiger partial charge in [0.2, 0.25) is 0 Å². The van der Waals surface area contributed by atoms with Crippen molar-refractivity contribution in [2.24, 2.45) is 0 Å². The predicted molar refractivity (Wildman–Crippen MR) is 105 cm³/mol. The number of nitrogens with zero attached hydrogens (tertiary/aromatic N) is 3. The second-order valence-corrected chi connectivity index (χ2v) is 6.92. The molecule has 0 saturated heterocycles. The average Bonchev–Trinajstić information content (AvgIpc) is 3.11. The first-order valence-corrected chi connectivity index (χ1v) is 8.91. The molecule has 0 unspecified atom stereocenters. The van der Waals surface area contributed by atoms with E-state index < -0.39 is 27.1 Å². The zero-order valence-electron chi connectivity index (χ0n) is 14.8. The Morgan fingerprint density at radius 2 is 1.68 bits per heavy atom. The molecule has 1 N–H and O–H groups in total. The monoisotopic (exact) mass is 398 g/mol. The Morgan fingerprint density at radius 3 is 2.29 bits per heavy atom. The largest absolute Gasteiger partial charge is 0.298 e. The van der Waals surface area contributed by atoms with Gasteiger partial charge in [0, 0.05) is 23.1 Å². The molecule has 0 aliphatic heterocycles. The van der Waals surface area contributed by atoms with Crippen LogP contribution in [0.4, 0.5) is 16.5 Å². The molecule has 0 spiro atoms. The van der Waals surface area contributed by atoms with E-state index in [0.717, 1.165) is 34.9 Å². The molecule has 0 radical (unpaired) electrons. The number of carbonyl (C=O) groups is 1. The van der Waals surface area contributed by atoms with Crippen molar-refractivity contribution in [2.75, 3.05) is 5.32 Å². The molecule has 0 saturated carbocycles. The highest BCUT2D eigenvalue weighted by atomic mass is 32.1. The van der Waals surface area contributed by atoms with Crippen molar-refractivity contribution < 1.29 is 14.6 Å². The van der Waals surface area contributed by atoms with E-state index in [1.165, 1.54) is 11.3 Å². The molecule has 9 nitrogen and oxygen atoms in total. The highest BCUT2D eigenvalue weighted by Crippen LogP contribution is 2.29. The van der Waals surface area contributed by atoms with E-state index in [4.69, 9.17) is 0 Å². The second-order valence-electron chi connectivity index (χ2n) is 6.06. The molecule has 0 aliphatic rings. The number of nitro groups is 2. The van der Waals surface area contributed by atoms with Crippen LogP contribution in [0.25, 0.3) is 11.3 Å². The van der Waals surface area contributed by atoms with Crippen LogP contribution in [-0.2, 0) is 0 Å². The molecule has 3 aromatic rings. The van der Waals surface area contributed by atoms with Gasteiger partial charge in [0.1, 0.15) is 0 Å². The zero-order valence-corrected chi connectivity index (χ0v) is 15.6. The zero-order chi connectivity index (χ0) is 20.4. The van der Waals surface area contributed by atoms with Crippen molar-refractivity contribution in [1.82, 2.24) is 4.98 Å². The normalized spacial score (nSPS) is 10.5. The average molecular weight is 398 g/mol. The van der Waals surface area contributed by atoms with Gasteiger partial charge in [0.05, 0.1) is 27.2 Å². The fraction of sp³-hybridized carbons (Fsp3) is 0.111. The van der Waals surface area contributed by atoms with Crippen molar-refractivity contribution in [2.45, 2.75) is 13.8 Å². The summed E-state index contributed by atoms with van der Waals surface area (Å²) < 4.78 is 0. The SMILES string of the molecule is Cc1ccc(C)c(-c2csc(NC(=O)c3cc([N+](=O)[O-])cc([N+](=O)[O-])c3)n2)c1. The number of aryl methyl sites for hydroxylation is 2. The first-order chi connectivity index (χ1) is 13.2. The number of nitrogens with one attached hydrogen (secondary N) is 1. The van der Waals surface area contributed by atoms with Crippen molar-refractivity contribution in [3.05, 3.63) is 78.7 Å². The van der Waals surface area contributed by atoms with Gasteiger partial charge in [-0.25, -0.2) is 4.98 Å². The molecule has 0 atom stereocenters. The molecule has 2 aromatic carbocycles. The van der Waals surface area contributed by atoms with Gasteiger partial charge in [0.25, 0.3) is 17.3 Å². The third-order valence-electron chi connectivity index (χ3n) is 3.98. The molecule has 1 heterocycles. The number of nitro benzene ring substituents is 2. The van der Waals surface area contributed by atoms with Crippen LogP contribution in [0, 0.1) is 34.1 Å². The Labute approximate surface area is 163 Å². The number of carbonyl (C=O) groups excluding carboxylic acids is 1. The third kappa shape index (κ3) is 4.01. The van der Waals surface area contributed by atoms with Crippen molar-refractivity contribution >= 4 is 33.8 Å². The van der Waals surface area contributed by atoms with E-state index in [2.05, 4.69) is 10.3 Å². The van der Waals surface area contributed by atoms with Crippen LogP contribution in [-0.4, -0.2) is 20.7 Å². The van der Waals surface area contributed by atoms with Crippen molar-refractivity contribution in [1.29, 1.82) is 0 Å². The van der Waals surface area contributed by atoms with E-state index in [0.29, 0.717) is 5.69 Å². The van der Waals surface area contributed by atoms with Gasteiger partial charge in [0.15, 0.2) is 5.13 Å². The van der Waals surface area contributed by atoms with Gasteiger partial charge in [-0.15, -0.1) is 11.3 Å². The molecule has 0 aliphatic carbocycles. The summed E-state index contributed by atoms with van der Waals surface area (Å²) in [4.78, 5) is 37.2. The highest BCUT2D eigenvalue weighted by molar-refractivity contribution is 7.14. The van der Waals surface area contributed by atoms with Crippen LogP contribution in [0.5, 0.6) is 0 Å². The number of thiazole rings is 1. The molecule has 0 fully saturated rings. The summed E-state index contributed by atoms with van der Waals surface area (Å²) in [5, 5.41) is 26.5. The summed E-state index contributed by atoms with van der Waals surface area (Å²) in [6, 6.07) is 8.73. The Balaban J connectivity index is 1.88. The van der Waals surface area contributed by atoms with Gasteiger partial charge >= 0.3 is 0 Å². The van der Waals surface area contributed by atoms with Crippen LogP contribution in [0.2, 0.25) is 0 Å². The van der Waals surface area contributed by atoms with Crippen LogP contribution in [0.15, 0.2) is 41.8 Å². The van der Waals surface area contributed by atoms with Gasteiger partial charge in [-0.3, -0.25) is 30.3 Å². The summed E-state index contributed by atoms with van der Waals surface area (Å²) >= 11 is 1.19. The Morgan fingerprint density at radius 1 is 1.04 bits per heavy atom. The quantitative estimate of drug-likeness (QED) is 0.498. The Kier molecular flexibility index (Phi) is 5.14. The number of non-ortho nitro benzene ring substituents is 2. The van der Waals surface area contributed by atoms with Gasteiger partial charge in [-0.1, -0.05) is 17.7 Å². The summed E-state index contributed by atoms with van der Waals surface area (Å²) in [5.41, 5.74) is 2.47. The minimum atomic E-state index is -0.786. The van der Waals surface area contributed by atoms with E-state index >= 15 is 0 Å². The van der Waals surface area contributed by atoms with E-state index in [9.17, 15) is 25.0 Å². The lowest BCUT2D eigenvalue weighted by Crippen LogP contribution is -2.12. The summed E-state index contributed by atoms with van der Waals surface area (Å²) in [6.45, 7) is 3.92. The number of hydrogen-bond donors (Lipinski definition) is 1. The van der Waals surface area contributed by atoms with Crippen LogP contribution >= 0.6 is 11.3 Å². The molecular formula is C18H14N4O5S. The molecule has 1 aromatic heterocycles. The highest BCUT2D eigenvalue weighted by Gasteiger charge is 2.20. The fourth-order valence-electron chi connectivity index (χ4n) is 2.57. The maximum Gasteiger partial charge on any atom is 0.277 e. The van der Waals surface area contributed by atoms with E-state index in [1.807, 2.05) is 32.0 Å². The minimum absolute atomic E-state index is 0.190. The number of hydrogen-bond acceptors (Lipinski definition) is 7. The van der Waals surface area contributed by atoms with Crippen molar-refractivity contribution in [3.8, 4) is 11.3 Å².